The van der Waals surface area contributed by atoms with Gasteiger partial charge in [0.15, 0.2) is 0 Å². The van der Waals surface area contributed by atoms with Crippen LogP contribution in [0.4, 0.5) is 10.1 Å². The van der Waals surface area contributed by atoms with Gasteiger partial charge in [-0.05, 0) is 71.7 Å². The molecule has 41 heavy (non-hydrogen) atoms. The van der Waals surface area contributed by atoms with Gasteiger partial charge in [-0.3, -0.25) is 23.9 Å². The smallest absolute Gasteiger partial charge is 0.289 e. The molecule has 3 aromatic carbocycles. The van der Waals surface area contributed by atoms with E-state index in [1.165, 1.54) is 28.4 Å². The summed E-state index contributed by atoms with van der Waals surface area (Å²) >= 11 is 9.05. The molecule has 4 aliphatic rings. The van der Waals surface area contributed by atoms with E-state index in [1.54, 1.807) is 36.0 Å². The lowest BCUT2D eigenvalue weighted by atomic mass is 9.68. The maximum absolute atomic E-state index is 14.0. The van der Waals surface area contributed by atoms with Crippen LogP contribution in [0.5, 0.6) is 0 Å². The number of carbonyl (C=O) groups excluding carboxylic acids is 2. The van der Waals surface area contributed by atoms with Gasteiger partial charge in [-0.25, -0.2) is 4.39 Å². The van der Waals surface area contributed by atoms with E-state index in [0.717, 1.165) is 27.5 Å². The van der Waals surface area contributed by atoms with E-state index in [1.807, 2.05) is 47.0 Å². The third-order valence-corrected chi connectivity index (χ3v) is 12.5. The molecule has 1 aromatic heterocycles. The Morgan fingerprint density at radius 2 is 1.54 bits per heavy atom. The molecule has 0 spiro atoms. The van der Waals surface area contributed by atoms with E-state index in [2.05, 4.69) is 0 Å². The molecule has 0 radical (unpaired) electrons. The van der Waals surface area contributed by atoms with Gasteiger partial charge in [-0.15, -0.1) is 11.8 Å². The van der Waals surface area contributed by atoms with E-state index in [9.17, 15) is 18.8 Å². The predicted molar refractivity (Wildman–Crippen MR) is 158 cm³/mol. The molecule has 5 nitrogen and oxygen atoms in total. The Hall–Kier alpha value is -3.20. The molecular weight excluding hydrogens is 579 g/mol. The van der Waals surface area contributed by atoms with E-state index in [4.69, 9.17) is 11.6 Å². The normalized spacial score (nSPS) is 29.5. The lowest BCUT2D eigenvalue weighted by Gasteiger charge is -2.43. The SMILES string of the molecule is O=C1C2C3CC(C2C(=O)N1c1ccc(Cl)cc1)C1C(c2ccc(F)cc2)c2sc(=O)n(Cc4ccccc4)c2SC31. The van der Waals surface area contributed by atoms with Crippen LogP contribution >= 0.6 is 34.7 Å². The van der Waals surface area contributed by atoms with Crippen molar-refractivity contribution in [3.63, 3.8) is 0 Å². The monoisotopic (exact) mass is 602 g/mol. The molecule has 7 unspecified atom stereocenters. The fraction of sp³-hybridized carbons (Fsp3) is 0.281. The molecule has 0 N–H and O–H groups in total. The second kappa shape index (κ2) is 9.41. The van der Waals surface area contributed by atoms with E-state index in [-0.39, 0.29) is 57.3 Å². The molecule has 2 aliphatic heterocycles. The van der Waals surface area contributed by atoms with Crippen molar-refractivity contribution in [1.82, 2.24) is 4.57 Å². The van der Waals surface area contributed by atoms with Crippen molar-refractivity contribution in [3.05, 3.63) is 115 Å². The molecule has 2 bridgehead atoms. The van der Waals surface area contributed by atoms with Crippen molar-refractivity contribution in [1.29, 1.82) is 0 Å². The van der Waals surface area contributed by atoms with Crippen molar-refractivity contribution < 1.29 is 14.0 Å². The van der Waals surface area contributed by atoms with Crippen LogP contribution in [0.2, 0.25) is 5.02 Å². The Morgan fingerprint density at radius 1 is 0.854 bits per heavy atom. The Morgan fingerprint density at radius 3 is 2.24 bits per heavy atom. The van der Waals surface area contributed by atoms with Crippen molar-refractivity contribution >= 4 is 52.2 Å². The van der Waals surface area contributed by atoms with Crippen LogP contribution in [-0.4, -0.2) is 21.6 Å². The van der Waals surface area contributed by atoms with Crippen LogP contribution in [0, 0.1) is 35.4 Å². The van der Waals surface area contributed by atoms with Crippen LogP contribution in [0.15, 0.2) is 88.7 Å². The van der Waals surface area contributed by atoms with Gasteiger partial charge in [0.25, 0.3) is 0 Å². The van der Waals surface area contributed by atoms with Crippen LogP contribution in [0.3, 0.4) is 0 Å². The minimum atomic E-state index is -0.391. The Balaban J connectivity index is 1.23. The molecule has 4 aromatic rings. The first-order valence-corrected chi connectivity index (χ1v) is 15.8. The number of imide groups is 1. The van der Waals surface area contributed by atoms with Gasteiger partial charge < -0.3 is 0 Å². The summed E-state index contributed by atoms with van der Waals surface area (Å²) in [5.41, 5.74) is 2.55. The number of aromatic nitrogens is 1. The topological polar surface area (TPSA) is 59.4 Å². The number of amides is 2. The molecule has 2 amide bonds. The fourth-order valence-corrected chi connectivity index (χ4v) is 11.2. The third kappa shape index (κ3) is 3.76. The maximum atomic E-state index is 14.0. The van der Waals surface area contributed by atoms with Crippen molar-refractivity contribution in [2.24, 2.45) is 29.6 Å². The number of hydrogen-bond donors (Lipinski definition) is 0. The van der Waals surface area contributed by atoms with Crippen molar-refractivity contribution in [2.45, 2.75) is 29.2 Å². The Bertz CT molecular complexity index is 1750. The Labute approximate surface area is 249 Å². The molecule has 206 valence electrons. The van der Waals surface area contributed by atoms with E-state index < -0.39 is 5.92 Å². The minimum Gasteiger partial charge on any atom is -0.289 e. The molecule has 1 saturated heterocycles. The fourth-order valence-electron chi connectivity index (χ4n) is 7.91. The van der Waals surface area contributed by atoms with Gasteiger partial charge in [0, 0.05) is 21.1 Å². The molecule has 8 rings (SSSR count). The van der Waals surface area contributed by atoms with Gasteiger partial charge >= 0.3 is 4.87 Å². The zero-order valence-corrected chi connectivity index (χ0v) is 24.0. The number of thioether (sulfide) groups is 1. The van der Waals surface area contributed by atoms with Crippen molar-refractivity contribution in [2.75, 3.05) is 4.90 Å². The second-order valence-corrected chi connectivity index (χ2v) is 14.0. The molecule has 7 atom stereocenters. The molecule has 2 aliphatic carbocycles. The first kappa shape index (κ1) is 25.5. The average molecular weight is 603 g/mol. The summed E-state index contributed by atoms with van der Waals surface area (Å²) in [4.78, 5) is 43.5. The first-order valence-electron chi connectivity index (χ1n) is 13.7. The average Bonchev–Trinajstić information content (AvgIpc) is 3.69. The summed E-state index contributed by atoms with van der Waals surface area (Å²) in [6.45, 7) is 0.466. The van der Waals surface area contributed by atoms with Gasteiger partial charge in [0.1, 0.15) is 5.82 Å². The van der Waals surface area contributed by atoms with Gasteiger partial charge in [-0.2, -0.15) is 0 Å². The lowest BCUT2D eigenvalue weighted by Crippen LogP contribution is -2.43. The highest BCUT2D eigenvalue weighted by atomic mass is 35.5. The van der Waals surface area contributed by atoms with E-state index >= 15 is 0 Å². The second-order valence-electron chi connectivity index (χ2n) is 11.4. The lowest BCUT2D eigenvalue weighted by molar-refractivity contribution is -0.123. The number of hydrogen-bond acceptors (Lipinski definition) is 5. The number of thiazole rings is 1. The van der Waals surface area contributed by atoms with Crippen molar-refractivity contribution in [3.8, 4) is 0 Å². The molecule has 3 heterocycles. The predicted octanol–water partition coefficient (Wildman–Crippen LogP) is 6.43. The highest BCUT2D eigenvalue weighted by molar-refractivity contribution is 8.00. The van der Waals surface area contributed by atoms with Crippen LogP contribution < -0.4 is 9.77 Å². The van der Waals surface area contributed by atoms with Gasteiger partial charge in [-0.1, -0.05) is 65.4 Å². The number of fused-ring (bicyclic) bond motifs is 9. The zero-order chi connectivity index (χ0) is 28.0. The summed E-state index contributed by atoms with van der Waals surface area (Å²) in [6.07, 6.45) is 0.805. The first-order chi connectivity index (χ1) is 19.9. The van der Waals surface area contributed by atoms with Crippen LogP contribution in [0.1, 0.15) is 28.3 Å². The number of anilines is 1. The highest BCUT2D eigenvalue weighted by Crippen LogP contribution is 2.69. The number of carbonyl (C=O) groups is 2. The molecule has 9 heteroatoms. The van der Waals surface area contributed by atoms with E-state index in [0.29, 0.717) is 17.3 Å². The Kier molecular flexibility index (Phi) is 5.85. The molecule has 2 saturated carbocycles. The number of rotatable bonds is 4. The minimum absolute atomic E-state index is 0.000714. The van der Waals surface area contributed by atoms with Crippen LogP contribution in [0.25, 0.3) is 0 Å². The summed E-state index contributed by atoms with van der Waals surface area (Å²) in [5, 5.41) is 1.56. The standard InChI is InChI=1S/C32H24ClFN2O3S2/c33-18-8-12-20(13-9-18)36-29(37)25-21-14-22(26(25)30(36)38)27-24(21)23(17-6-10-19(34)11-7-17)28-31(40-27)35(32(39)41-28)15-16-4-2-1-3-5-16/h1-13,21-27H,14-15H2. The molecular formula is C32H24ClFN2O3S2. The largest absolute Gasteiger partial charge is 0.308 e. The summed E-state index contributed by atoms with van der Waals surface area (Å²) in [5.74, 6) is -1.41. The van der Waals surface area contributed by atoms with Gasteiger partial charge in [0.2, 0.25) is 11.8 Å². The summed E-state index contributed by atoms with van der Waals surface area (Å²) in [7, 11) is 0. The maximum Gasteiger partial charge on any atom is 0.308 e. The number of halogens is 2. The van der Waals surface area contributed by atoms with Gasteiger partial charge in [0.05, 0.1) is 29.1 Å². The summed E-state index contributed by atoms with van der Waals surface area (Å²) in [6, 6.07) is 23.3. The number of nitrogens with zero attached hydrogens (tertiary/aromatic N) is 2. The molecule has 3 fully saturated rings. The quantitative estimate of drug-likeness (QED) is 0.253. The summed E-state index contributed by atoms with van der Waals surface area (Å²) < 4.78 is 15.9. The highest BCUT2D eigenvalue weighted by Gasteiger charge is 2.69. The third-order valence-electron chi connectivity index (χ3n) is 9.45. The van der Waals surface area contributed by atoms with Crippen LogP contribution in [-0.2, 0) is 16.1 Å². The number of benzene rings is 3. The zero-order valence-electron chi connectivity index (χ0n) is 21.7.